The number of hydrogen-bond donors (Lipinski definition) is 1. The summed E-state index contributed by atoms with van der Waals surface area (Å²) >= 11 is 5.96. The quantitative estimate of drug-likeness (QED) is 0.782. The fourth-order valence-corrected chi connectivity index (χ4v) is 2.65. The minimum absolute atomic E-state index is 0.685. The maximum absolute atomic E-state index is 5.96. The van der Waals surface area contributed by atoms with Crippen LogP contribution < -0.4 is 5.73 Å². The Morgan fingerprint density at radius 2 is 1.81 bits per heavy atom. The van der Waals surface area contributed by atoms with Gasteiger partial charge in [-0.25, -0.2) is 4.98 Å². The molecule has 0 saturated carbocycles. The van der Waals surface area contributed by atoms with Gasteiger partial charge in [-0.15, -0.1) is 0 Å². The average Bonchev–Trinajstić information content (AvgIpc) is 2.85. The van der Waals surface area contributed by atoms with Crippen LogP contribution in [0.25, 0.3) is 11.0 Å². The highest BCUT2D eigenvalue weighted by Gasteiger charge is 2.10. The van der Waals surface area contributed by atoms with E-state index in [1.807, 2.05) is 18.2 Å². The van der Waals surface area contributed by atoms with Gasteiger partial charge >= 0.3 is 0 Å². The summed E-state index contributed by atoms with van der Waals surface area (Å²) < 4.78 is 2.27. The number of aromatic nitrogens is 2. The van der Waals surface area contributed by atoms with Crippen LogP contribution in [0.1, 0.15) is 17.8 Å². The molecular weight excluding hydrogens is 282 g/mol. The lowest BCUT2D eigenvalue weighted by atomic mass is 10.2. The Bertz CT molecular complexity index is 731. The molecule has 0 radical (unpaired) electrons. The molecule has 3 aromatic rings. The highest BCUT2D eigenvalue weighted by molar-refractivity contribution is 6.30. The number of para-hydroxylation sites is 2. The molecule has 0 atom stereocenters. The Morgan fingerprint density at radius 1 is 1.05 bits per heavy atom. The van der Waals surface area contributed by atoms with E-state index in [9.17, 15) is 0 Å². The molecule has 0 unspecified atom stereocenters. The zero-order chi connectivity index (χ0) is 14.7. The van der Waals surface area contributed by atoms with Gasteiger partial charge in [0.2, 0.25) is 0 Å². The fraction of sp³-hybridized carbons (Fsp3) is 0.235. The molecular formula is C17H18ClN3. The van der Waals surface area contributed by atoms with Crippen LogP contribution in [0.4, 0.5) is 0 Å². The standard InChI is InChI=1S/C17H18ClN3/c18-14-9-7-13(8-10-14)12-21-16-5-2-1-4-15(16)20-17(21)6-3-11-19/h1-2,4-5,7-10H,3,6,11-12,19H2. The van der Waals surface area contributed by atoms with E-state index in [2.05, 4.69) is 34.9 Å². The number of nitrogens with zero attached hydrogens (tertiary/aromatic N) is 2. The van der Waals surface area contributed by atoms with E-state index >= 15 is 0 Å². The molecule has 21 heavy (non-hydrogen) atoms. The molecule has 3 nitrogen and oxygen atoms in total. The highest BCUT2D eigenvalue weighted by atomic mass is 35.5. The van der Waals surface area contributed by atoms with Crippen molar-refractivity contribution in [1.29, 1.82) is 0 Å². The van der Waals surface area contributed by atoms with E-state index < -0.39 is 0 Å². The van der Waals surface area contributed by atoms with Crippen molar-refractivity contribution in [3.05, 3.63) is 64.9 Å². The Kier molecular flexibility index (Phi) is 4.23. The molecule has 0 aliphatic rings. The molecule has 0 saturated heterocycles. The van der Waals surface area contributed by atoms with Crippen LogP contribution in [-0.4, -0.2) is 16.1 Å². The Balaban J connectivity index is 1.99. The van der Waals surface area contributed by atoms with Gasteiger partial charge in [0.25, 0.3) is 0 Å². The minimum Gasteiger partial charge on any atom is -0.330 e. The normalized spacial score (nSPS) is 11.1. The van der Waals surface area contributed by atoms with Crippen LogP contribution in [0.15, 0.2) is 48.5 Å². The molecule has 108 valence electrons. The van der Waals surface area contributed by atoms with E-state index in [4.69, 9.17) is 22.3 Å². The van der Waals surface area contributed by atoms with Crippen molar-refractivity contribution in [3.8, 4) is 0 Å². The van der Waals surface area contributed by atoms with Crippen LogP contribution in [0.5, 0.6) is 0 Å². The highest BCUT2D eigenvalue weighted by Crippen LogP contribution is 2.19. The summed E-state index contributed by atoms with van der Waals surface area (Å²) in [6, 6.07) is 16.2. The molecule has 0 spiro atoms. The van der Waals surface area contributed by atoms with E-state index in [0.717, 1.165) is 35.8 Å². The zero-order valence-electron chi connectivity index (χ0n) is 11.8. The number of imidazole rings is 1. The van der Waals surface area contributed by atoms with Gasteiger partial charge in [0, 0.05) is 18.0 Å². The lowest BCUT2D eigenvalue weighted by Crippen LogP contribution is -2.08. The van der Waals surface area contributed by atoms with Crippen LogP contribution in [-0.2, 0) is 13.0 Å². The van der Waals surface area contributed by atoms with Gasteiger partial charge in [0.1, 0.15) is 5.82 Å². The van der Waals surface area contributed by atoms with Gasteiger partial charge in [-0.05, 0) is 42.8 Å². The number of benzene rings is 2. The van der Waals surface area contributed by atoms with Crippen LogP contribution >= 0.6 is 11.6 Å². The second kappa shape index (κ2) is 6.29. The van der Waals surface area contributed by atoms with Crippen molar-refractivity contribution in [3.63, 3.8) is 0 Å². The van der Waals surface area contributed by atoms with E-state index in [-0.39, 0.29) is 0 Å². The van der Waals surface area contributed by atoms with Crippen LogP contribution in [0.3, 0.4) is 0 Å². The first-order valence-corrected chi connectivity index (χ1v) is 7.54. The van der Waals surface area contributed by atoms with E-state index in [1.165, 1.54) is 11.1 Å². The summed E-state index contributed by atoms with van der Waals surface area (Å²) in [6.45, 7) is 1.49. The molecule has 0 fully saturated rings. The third kappa shape index (κ3) is 3.09. The molecule has 4 heteroatoms. The van der Waals surface area contributed by atoms with Gasteiger partial charge in [0.15, 0.2) is 0 Å². The lowest BCUT2D eigenvalue weighted by molar-refractivity contribution is 0.703. The summed E-state index contributed by atoms with van der Waals surface area (Å²) in [7, 11) is 0. The van der Waals surface area contributed by atoms with Gasteiger partial charge in [-0.1, -0.05) is 35.9 Å². The summed E-state index contributed by atoms with van der Waals surface area (Å²) in [6.07, 6.45) is 1.85. The molecule has 0 aliphatic heterocycles. The molecule has 2 N–H and O–H groups in total. The topological polar surface area (TPSA) is 43.8 Å². The second-order valence-electron chi connectivity index (χ2n) is 5.12. The van der Waals surface area contributed by atoms with Crippen molar-refractivity contribution in [2.45, 2.75) is 19.4 Å². The number of hydrogen-bond acceptors (Lipinski definition) is 2. The summed E-state index contributed by atoms with van der Waals surface area (Å²) in [5, 5.41) is 0.762. The van der Waals surface area contributed by atoms with Gasteiger partial charge < -0.3 is 10.3 Å². The molecule has 0 aliphatic carbocycles. The largest absolute Gasteiger partial charge is 0.330 e. The number of rotatable bonds is 5. The maximum atomic E-state index is 5.96. The summed E-state index contributed by atoms with van der Waals surface area (Å²) in [5.74, 6) is 1.09. The molecule has 0 amide bonds. The first-order valence-electron chi connectivity index (χ1n) is 7.16. The third-order valence-corrected chi connectivity index (χ3v) is 3.84. The SMILES string of the molecule is NCCCc1nc2ccccc2n1Cc1ccc(Cl)cc1. The molecule has 2 aromatic carbocycles. The molecule has 0 bridgehead atoms. The van der Waals surface area contributed by atoms with Crippen molar-refractivity contribution >= 4 is 22.6 Å². The Hall–Kier alpha value is -1.84. The molecule has 3 rings (SSSR count). The zero-order valence-corrected chi connectivity index (χ0v) is 12.6. The molecule has 1 aromatic heterocycles. The smallest absolute Gasteiger partial charge is 0.110 e. The van der Waals surface area contributed by atoms with Crippen molar-refractivity contribution < 1.29 is 0 Å². The number of aryl methyl sites for hydroxylation is 1. The summed E-state index contributed by atoms with van der Waals surface area (Å²) in [5.41, 5.74) is 9.06. The van der Waals surface area contributed by atoms with Gasteiger partial charge in [-0.3, -0.25) is 0 Å². The van der Waals surface area contributed by atoms with Gasteiger partial charge in [-0.2, -0.15) is 0 Å². The summed E-state index contributed by atoms with van der Waals surface area (Å²) in [4.78, 5) is 4.75. The average molecular weight is 300 g/mol. The maximum Gasteiger partial charge on any atom is 0.110 e. The predicted molar refractivity (Wildman–Crippen MR) is 87.7 cm³/mol. The van der Waals surface area contributed by atoms with Crippen LogP contribution in [0.2, 0.25) is 5.02 Å². The van der Waals surface area contributed by atoms with Crippen LogP contribution in [0, 0.1) is 0 Å². The first kappa shape index (κ1) is 14.1. The molecule has 1 heterocycles. The Morgan fingerprint density at radius 3 is 2.57 bits per heavy atom. The third-order valence-electron chi connectivity index (χ3n) is 3.59. The number of fused-ring (bicyclic) bond motifs is 1. The predicted octanol–water partition coefficient (Wildman–Crippen LogP) is 3.63. The minimum atomic E-state index is 0.685. The first-order chi connectivity index (χ1) is 10.3. The van der Waals surface area contributed by atoms with Crippen molar-refractivity contribution in [2.75, 3.05) is 6.54 Å². The monoisotopic (exact) mass is 299 g/mol. The van der Waals surface area contributed by atoms with E-state index in [0.29, 0.717) is 6.54 Å². The lowest BCUT2D eigenvalue weighted by Gasteiger charge is -2.09. The van der Waals surface area contributed by atoms with Crippen molar-refractivity contribution in [1.82, 2.24) is 9.55 Å². The van der Waals surface area contributed by atoms with E-state index in [1.54, 1.807) is 0 Å². The fourth-order valence-electron chi connectivity index (χ4n) is 2.53. The number of nitrogens with two attached hydrogens (primary N) is 1. The number of halogens is 1. The van der Waals surface area contributed by atoms with Gasteiger partial charge in [0.05, 0.1) is 11.0 Å². The second-order valence-corrected chi connectivity index (χ2v) is 5.56. The van der Waals surface area contributed by atoms with Crippen molar-refractivity contribution in [2.24, 2.45) is 5.73 Å². The Labute approximate surface area is 129 Å².